The highest BCUT2D eigenvalue weighted by atomic mass is 14.6. The van der Waals surface area contributed by atoms with Crippen LogP contribution in [-0.4, -0.2) is 0 Å². The fourth-order valence-corrected chi connectivity index (χ4v) is 2.71. The molecule has 1 unspecified atom stereocenters. The third-order valence-corrected chi connectivity index (χ3v) is 4.28. The molecule has 0 spiro atoms. The summed E-state index contributed by atoms with van der Waals surface area (Å²) in [7, 11) is 0. The quantitative estimate of drug-likeness (QED) is 0.864. The summed E-state index contributed by atoms with van der Waals surface area (Å²) < 4.78 is 0. The van der Waals surface area contributed by atoms with Gasteiger partial charge in [0.15, 0.2) is 0 Å². The second kappa shape index (κ2) is 5.18. The lowest BCUT2D eigenvalue weighted by atomic mass is 9.79. The Balaban J connectivity index is 1.86. The number of benzene rings is 2. The molecule has 1 fully saturated rings. The molecule has 1 aliphatic rings. The van der Waals surface area contributed by atoms with Crippen molar-refractivity contribution in [3.63, 3.8) is 0 Å². The van der Waals surface area contributed by atoms with Gasteiger partial charge in [-0.1, -0.05) is 60.5 Å². The first-order chi connectivity index (χ1) is 9.24. The van der Waals surface area contributed by atoms with Crippen LogP contribution in [0.2, 0.25) is 0 Å². The van der Waals surface area contributed by atoms with Gasteiger partial charge in [-0.05, 0) is 42.4 Å². The molecule has 1 atom stereocenters. The summed E-state index contributed by atoms with van der Waals surface area (Å²) in [4.78, 5) is 0. The van der Waals surface area contributed by atoms with Gasteiger partial charge in [0.05, 0.1) is 6.04 Å². The summed E-state index contributed by atoms with van der Waals surface area (Å²) in [5.74, 6) is 0.769. The van der Waals surface area contributed by atoms with Crippen molar-refractivity contribution in [1.29, 1.82) is 0 Å². The van der Waals surface area contributed by atoms with Gasteiger partial charge in [0.1, 0.15) is 0 Å². The van der Waals surface area contributed by atoms with E-state index in [0.717, 1.165) is 5.92 Å². The molecule has 1 nitrogen and oxygen atoms in total. The lowest BCUT2D eigenvalue weighted by molar-refractivity contribution is 0.419. The predicted octanol–water partition coefficient (Wildman–Crippen LogP) is 4.31. The van der Waals surface area contributed by atoms with E-state index in [4.69, 9.17) is 5.73 Å². The van der Waals surface area contributed by atoms with Crippen molar-refractivity contribution in [2.24, 2.45) is 5.73 Å². The highest BCUT2D eigenvalue weighted by Crippen LogP contribution is 2.37. The maximum absolute atomic E-state index is 6.39. The summed E-state index contributed by atoms with van der Waals surface area (Å²) in [5.41, 5.74) is 11.6. The van der Waals surface area contributed by atoms with Crippen LogP contribution in [0.4, 0.5) is 0 Å². The van der Waals surface area contributed by atoms with Crippen molar-refractivity contribution in [3.05, 3.63) is 70.8 Å². The van der Waals surface area contributed by atoms with Gasteiger partial charge in [-0.3, -0.25) is 0 Å². The summed E-state index contributed by atoms with van der Waals surface area (Å²) in [6.07, 6.45) is 4.05. The van der Waals surface area contributed by atoms with Crippen molar-refractivity contribution in [2.45, 2.75) is 38.1 Å². The van der Waals surface area contributed by atoms with Crippen molar-refractivity contribution >= 4 is 0 Å². The Labute approximate surface area is 115 Å². The number of rotatable bonds is 3. The summed E-state index contributed by atoms with van der Waals surface area (Å²) in [6.45, 7) is 2.10. The lowest BCUT2D eigenvalue weighted by Crippen LogP contribution is -2.14. The molecule has 0 saturated heterocycles. The van der Waals surface area contributed by atoms with Crippen LogP contribution in [0.15, 0.2) is 48.5 Å². The highest BCUT2D eigenvalue weighted by molar-refractivity contribution is 5.36. The molecule has 2 aromatic rings. The number of hydrogen-bond acceptors (Lipinski definition) is 1. The van der Waals surface area contributed by atoms with E-state index >= 15 is 0 Å². The van der Waals surface area contributed by atoms with Gasteiger partial charge >= 0.3 is 0 Å². The smallest absolute Gasteiger partial charge is 0.0551 e. The van der Waals surface area contributed by atoms with E-state index in [2.05, 4.69) is 55.5 Å². The Morgan fingerprint density at radius 1 is 1.00 bits per heavy atom. The van der Waals surface area contributed by atoms with E-state index in [1.54, 1.807) is 0 Å². The van der Waals surface area contributed by atoms with Gasteiger partial charge in [0, 0.05) is 0 Å². The third kappa shape index (κ3) is 2.57. The number of aryl methyl sites for hydroxylation is 1. The van der Waals surface area contributed by atoms with Gasteiger partial charge in [-0.15, -0.1) is 0 Å². The topological polar surface area (TPSA) is 26.0 Å². The third-order valence-electron chi connectivity index (χ3n) is 4.28. The Hall–Kier alpha value is -1.60. The largest absolute Gasteiger partial charge is 0.320 e. The SMILES string of the molecule is Cc1ccc(C(N)c2cccc(C3CCC3)c2)cc1. The lowest BCUT2D eigenvalue weighted by Gasteiger charge is -2.26. The first-order valence-corrected chi connectivity index (χ1v) is 7.16. The van der Waals surface area contributed by atoms with Crippen LogP contribution in [0.5, 0.6) is 0 Å². The van der Waals surface area contributed by atoms with Gasteiger partial charge in [-0.25, -0.2) is 0 Å². The Kier molecular flexibility index (Phi) is 3.39. The van der Waals surface area contributed by atoms with Gasteiger partial charge < -0.3 is 5.73 Å². The fraction of sp³-hybridized carbons (Fsp3) is 0.333. The van der Waals surface area contributed by atoms with Crippen LogP contribution < -0.4 is 5.73 Å². The average molecular weight is 251 g/mol. The van der Waals surface area contributed by atoms with Gasteiger partial charge in [-0.2, -0.15) is 0 Å². The molecule has 3 rings (SSSR count). The predicted molar refractivity (Wildman–Crippen MR) is 80.2 cm³/mol. The van der Waals surface area contributed by atoms with Crippen LogP contribution in [-0.2, 0) is 0 Å². The Bertz CT molecular complexity index is 552. The van der Waals surface area contributed by atoms with E-state index in [-0.39, 0.29) is 6.04 Å². The zero-order chi connectivity index (χ0) is 13.2. The molecule has 0 aromatic heterocycles. The maximum Gasteiger partial charge on any atom is 0.0551 e. The van der Waals surface area contributed by atoms with E-state index in [1.807, 2.05) is 0 Å². The monoisotopic (exact) mass is 251 g/mol. The molecule has 98 valence electrons. The highest BCUT2D eigenvalue weighted by Gasteiger charge is 2.20. The standard InChI is InChI=1S/C18H21N/c1-13-8-10-15(11-9-13)18(19)17-7-3-6-16(12-17)14-4-2-5-14/h3,6-12,14,18H,2,4-5,19H2,1H3. The zero-order valence-electron chi connectivity index (χ0n) is 11.5. The molecule has 0 heterocycles. The van der Waals surface area contributed by atoms with E-state index in [1.165, 1.54) is 41.5 Å². The summed E-state index contributed by atoms with van der Waals surface area (Å²) in [6, 6.07) is 17.4. The number of hydrogen-bond donors (Lipinski definition) is 1. The van der Waals surface area contributed by atoms with Crippen LogP contribution >= 0.6 is 0 Å². The second-order valence-corrected chi connectivity index (χ2v) is 5.69. The van der Waals surface area contributed by atoms with Crippen LogP contribution in [0.1, 0.15) is 53.5 Å². The Morgan fingerprint density at radius 2 is 1.74 bits per heavy atom. The van der Waals surface area contributed by atoms with Crippen molar-refractivity contribution in [3.8, 4) is 0 Å². The fourth-order valence-electron chi connectivity index (χ4n) is 2.71. The van der Waals surface area contributed by atoms with Crippen LogP contribution in [0.3, 0.4) is 0 Å². The molecule has 1 saturated carbocycles. The van der Waals surface area contributed by atoms with Crippen LogP contribution in [0.25, 0.3) is 0 Å². The molecule has 2 aromatic carbocycles. The number of nitrogens with two attached hydrogens (primary N) is 1. The zero-order valence-corrected chi connectivity index (χ0v) is 11.5. The summed E-state index contributed by atoms with van der Waals surface area (Å²) >= 11 is 0. The molecule has 0 radical (unpaired) electrons. The van der Waals surface area contributed by atoms with Crippen molar-refractivity contribution in [2.75, 3.05) is 0 Å². The minimum Gasteiger partial charge on any atom is -0.320 e. The normalized spacial score (nSPS) is 16.9. The van der Waals surface area contributed by atoms with E-state index in [9.17, 15) is 0 Å². The molecule has 2 N–H and O–H groups in total. The maximum atomic E-state index is 6.39. The van der Waals surface area contributed by atoms with E-state index in [0.29, 0.717) is 0 Å². The minimum atomic E-state index is -0.0133. The molecule has 1 heteroatoms. The minimum absolute atomic E-state index is 0.0133. The first kappa shape index (κ1) is 12.4. The van der Waals surface area contributed by atoms with Crippen LogP contribution in [0, 0.1) is 6.92 Å². The Morgan fingerprint density at radius 3 is 2.37 bits per heavy atom. The van der Waals surface area contributed by atoms with E-state index < -0.39 is 0 Å². The molecule has 19 heavy (non-hydrogen) atoms. The molecular weight excluding hydrogens is 230 g/mol. The molecule has 0 bridgehead atoms. The van der Waals surface area contributed by atoms with Crippen molar-refractivity contribution in [1.82, 2.24) is 0 Å². The molecular formula is C18H21N. The second-order valence-electron chi connectivity index (χ2n) is 5.69. The molecule has 0 aliphatic heterocycles. The first-order valence-electron chi connectivity index (χ1n) is 7.16. The van der Waals surface area contributed by atoms with Gasteiger partial charge in [0.2, 0.25) is 0 Å². The molecule has 0 amide bonds. The van der Waals surface area contributed by atoms with Gasteiger partial charge in [0.25, 0.3) is 0 Å². The average Bonchev–Trinajstić information content (AvgIpc) is 2.37. The van der Waals surface area contributed by atoms with Crippen molar-refractivity contribution < 1.29 is 0 Å². The molecule has 1 aliphatic carbocycles. The summed E-state index contributed by atoms with van der Waals surface area (Å²) in [5, 5.41) is 0.